The minimum absolute atomic E-state index is 0.0274. The van der Waals surface area contributed by atoms with Gasteiger partial charge in [-0.2, -0.15) is 17.4 Å². The highest BCUT2D eigenvalue weighted by molar-refractivity contribution is 7.87. The highest BCUT2D eigenvalue weighted by Gasteiger charge is 2.68. The zero-order valence-corrected chi connectivity index (χ0v) is 14.0. The monoisotopic (exact) mass is 386 g/mol. The van der Waals surface area contributed by atoms with Crippen molar-refractivity contribution in [3.05, 3.63) is 0 Å². The number of nitrogens with two attached hydrogens (primary N) is 2. The number of hydrogen-bond donors (Lipinski definition) is 6. The number of nitrogens with zero attached hydrogens (tertiary/aromatic N) is 1. The summed E-state index contributed by atoms with van der Waals surface area (Å²) < 4.78 is 53.3. The lowest BCUT2D eigenvalue weighted by Crippen LogP contribution is -2.55. The Morgan fingerprint density at radius 3 is 2.40 bits per heavy atom. The third-order valence-electron chi connectivity index (χ3n) is 4.73. The largest absolute Gasteiger partial charge is 0.480 e. The number of hydrogen-bond acceptors (Lipinski definition) is 7. The van der Waals surface area contributed by atoms with Crippen molar-refractivity contribution >= 4 is 23.3 Å². The molecule has 1 saturated heterocycles. The van der Waals surface area contributed by atoms with Crippen LogP contribution >= 0.6 is 0 Å². The average molecular weight is 386 g/mol. The summed E-state index contributed by atoms with van der Waals surface area (Å²) in [5.74, 6) is -5.59. The lowest BCUT2D eigenvalue weighted by molar-refractivity contribution is -0.144. The number of carboxylic acids is 1. The topological polar surface area (TPSA) is 179 Å². The highest BCUT2D eigenvalue weighted by Crippen LogP contribution is 2.41. The van der Waals surface area contributed by atoms with Gasteiger partial charge in [-0.3, -0.25) is 4.79 Å². The number of aliphatic carboxylic acids is 1. The highest BCUT2D eigenvalue weighted by atomic mass is 32.2. The number of carbonyl (C=O) groups is 1. The van der Waals surface area contributed by atoms with Gasteiger partial charge in [0.05, 0.1) is 6.04 Å². The molecule has 1 heterocycles. The normalized spacial score (nSPS) is 34.9. The van der Waals surface area contributed by atoms with E-state index in [4.69, 9.17) is 21.5 Å². The van der Waals surface area contributed by atoms with Crippen LogP contribution in [0, 0.1) is 5.92 Å². The zero-order valence-electron chi connectivity index (χ0n) is 13.2. The molecule has 8 N–H and O–H groups in total. The second kappa shape index (κ2) is 6.68. The van der Waals surface area contributed by atoms with Crippen molar-refractivity contribution in [3.8, 4) is 0 Å². The first-order valence-corrected chi connectivity index (χ1v) is 9.05. The molecule has 4 atom stereocenters. The maximum Gasteiger partial charge on any atom is 0.451 e. The van der Waals surface area contributed by atoms with Crippen molar-refractivity contribution in [1.29, 1.82) is 0 Å². The maximum atomic E-state index is 13.2. The molecule has 1 saturated carbocycles. The number of rotatable bonds is 8. The van der Waals surface area contributed by atoms with Crippen LogP contribution in [0.4, 0.5) is 8.78 Å². The van der Waals surface area contributed by atoms with Crippen LogP contribution < -0.4 is 16.2 Å². The predicted molar refractivity (Wildman–Crippen MR) is 82.6 cm³/mol. The summed E-state index contributed by atoms with van der Waals surface area (Å²) in [5, 5.41) is 27.0. The maximum absolute atomic E-state index is 13.2. The summed E-state index contributed by atoms with van der Waals surface area (Å²) in [4.78, 5) is 11.5. The van der Waals surface area contributed by atoms with Crippen LogP contribution in [0.25, 0.3) is 0 Å². The molecule has 0 bridgehead atoms. The second-order valence-electron chi connectivity index (χ2n) is 6.55. The number of carboxylic acid groups (broad SMARTS) is 1. The van der Waals surface area contributed by atoms with Crippen molar-refractivity contribution in [2.24, 2.45) is 17.4 Å². The SMILES string of the molecule is N[C@@H]1[C@@H](NS(=O)(=O)N2C[C@H](CCCB(O)O)[C@](N)(C(=O)O)C2)C1(F)F. The van der Waals surface area contributed by atoms with Gasteiger partial charge in [0.25, 0.3) is 16.1 Å². The van der Waals surface area contributed by atoms with E-state index >= 15 is 0 Å². The van der Waals surface area contributed by atoms with Crippen molar-refractivity contribution in [1.82, 2.24) is 9.03 Å². The standard InChI is InChI=1S/C11H21BF2N4O6S/c13-11(14)7(15)8(11)17-25(23,24)18-4-6(2-1-3-12(21)22)10(16,5-18)9(19)20/h6-8,17,21-22H,1-5,15-16H2,(H,19,20)/t6-,7+,8+,10-/m0/s1. The Morgan fingerprint density at radius 1 is 1.40 bits per heavy atom. The quantitative estimate of drug-likeness (QED) is 0.241. The van der Waals surface area contributed by atoms with Crippen LogP contribution in [-0.2, 0) is 15.0 Å². The Balaban J connectivity index is 2.08. The van der Waals surface area contributed by atoms with E-state index in [1.165, 1.54) is 0 Å². The minimum Gasteiger partial charge on any atom is -0.480 e. The lowest BCUT2D eigenvalue weighted by atomic mass is 9.78. The molecule has 14 heteroatoms. The number of halogens is 2. The molecule has 2 aliphatic rings. The van der Waals surface area contributed by atoms with Crippen LogP contribution in [0.15, 0.2) is 0 Å². The molecule has 10 nitrogen and oxygen atoms in total. The van der Waals surface area contributed by atoms with Crippen molar-refractivity contribution in [2.75, 3.05) is 13.1 Å². The van der Waals surface area contributed by atoms with Gasteiger partial charge in [-0.15, -0.1) is 0 Å². The van der Waals surface area contributed by atoms with Crippen LogP contribution in [0.3, 0.4) is 0 Å². The van der Waals surface area contributed by atoms with Gasteiger partial charge >= 0.3 is 13.1 Å². The molecule has 0 aromatic heterocycles. The fourth-order valence-corrected chi connectivity index (χ4v) is 4.49. The molecular weight excluding hydrogens is 365 g/mol. The first-order valence-electron chi connectivity index (χ1n) is 7.61. The molecular formula is C11H21BF2N4O6S. The molecule has 1 aliphatic heterocycles. The Bertz CT molecular complexity index is 638. The molecule has 2 fully saturated rings. The number of alkyl halides is 2. The Kier molecular flexibility index (Phi) is 5.46. The van der Waals surface area contributed by atoms with Gasteiger partial charge in [-0.05, 0) is 12.7 Å². The van der Waals surface area contributed by atoms with E-state index in [1.807, 2.05) is 0 Å². The fourth-order valence-electron chi connectivity index (χ4n) is 2.95. The molecule has 25 heavy (non-hydrogen) atoms. The second-order valence-corrected chi connectivity index (χ2v) is 8.25. The summed E-state index contributed by atoms with van der Waals surface area (Å²) in [6.45, 7) is -0.870. The average Bonchev–Trinajstić information content (AvgIpc) is 2.82. The van der Waals surface area contributed by atoms with Gasteiger partial charge < -0.3 is 26.6 Å². The van der Waals surface area contributed by atoms with Gasteiger partial charge in [0.1, 0.15) is 11.6 Å². The number of nitrogens with one attached hydrogen (secondary N) is 1. The molecule has 0 amide bonds. The molecule has 0 aromatic rings. The van der Waals surface area contributed by atoms with Crippen molar-refractivity contribution < 1.29 is 37.1 Å². The summed E-state index contributed by atoms with van der Waals surface area (Å²) in [6, 6.07) is -3.37. The van der Waals surface area contributed by atoms with Crippen molar-refractivity contribution in [2.45, 2.75) is 42.7 Å². The summed E-state index contributed by atoms with van der Waals surface area (Å²) in [7, 11) is -5.97. The molecule has 0 unspecified atom stereocenters. The van der Waals surface area contributed by atoms with Crippen LogP contribution in [-0.4, -0.2) is 77.6 Å². The van der Waals surface area contributed by atoms with E-state index in [9.17, 15) is 27.1 Å². The van der Waals surface area contributed by atoms with E-state index in [1.54, 1.807) is 4.72 Å². The van der Waals surface area contributed by atoms with E-state index in [0.29, 0.717) is 4.31 Å². The van der Waals surface area contributed by atoms with E-state index in [2.05, 4.69) is 0 Å². The van der Waals surface area contributed by atoms with E-state index in [-0.39, 0.29) is 25.7 Å². The van der Waals surface area contributed by atoms with Crippen LogP contribution in [0.1, 0.15) is 12.8 Å². The molecule has 0 aromatic carbocycles. The molecule has 144 valence electrons. The Hall–Kier alpha value is -0.895. The Labute approximate surface area is 143 Å². The first-order chi connectivity index (χ1) is 11.3. The third-order valence-corrected chi connectivity index (χ3v) is 6.24. The fraction of sp³-hybridized carbons (Fsp3) is 0.909. The third kappa shape index (κ3) is 3.94. The minimum atomic E-state index is -4.40. The smallest absolute Gasteiger partial charge is 0.451 e. The van der Waals surface area contributed by atoms with Crippen molar-refractivity contribution in [3.63, 3.8) is 0 Å². The van der Waals surface area contributed by atoms with Gasteiger partial charge in [0.2, 0.25) is 0 Å². The Morgan fingerprint density at radius 2 is 1.96 bits per heavy atom. The summed E-state index contributed by atoms with van der Waals surface area (Å²) in [6.07, 6.45) is 0.313. The zero-order chi connectivity index (χ0) is 19.2. The van der Waals surface area contributed by atoms with Crippen LogP contribution in [0.5, 0.6) is 0 Å². The first kappa shape index (κ1) is 20.4. The van der Waals surface area contributed by atoms with Gasteiger partial charge in [0.15, 0.2) is 0 Å². The van der Waals surface area contributed by atoms with Gasteiger partial charge in [0, 0.05) is 19.0 Å². The molecule has 2 rings (SSSR count). The summed E-state index contributed by atoms with van der Waals surface area (Å²) >= 11 is 0. The molecule has 0 spiro atoms. The summed E-state index contributed by atoms with van der Waals surface area (Å²) in [5.41, 5.74) is 9.06. The van der Waals surface area contributed by atoms with Crippen LogP contribution in [0.2, 0.25) is 6.32 Å². The molecule has 0 radical (unpaired) electrons. The van der Waals surface area contributed by atoms with E-state index < -0.39 is 59.3 Å². The van der Waals surface area contributed by atoms with E-state index in [0.717, 1.165) is 0 Å². The van der Waals surface area contributed by atoms with Gasteiger partial charge in [-0.25, -0.2) is 8.78 Å². The molecule has 1 aliphatic carbocycles. The van der Waals surface area contributed by atoms with Gasteiger partial charge in [-0.1, -0.05) is 6.42 Å². The lowest BCUT2D eigenvalue weighted by Gasteiger charge is -2.25. The predicted octanol–water partition coefficient (Wildman–Crippen LogP) is -2.87.